The first-order valence-electron chi connectivity index (χ1n) is 6.61. The van der Waals surface area contributed by atoms with Crippen molar-refractivity contribution in [3.05, 3.63) is 64.7 Å². The van der Waals surface area contributed by atoms with Gasteiger partial charge in [-0.1, -0.05) is 42.5 Å². The highest BCUT2D eigenvalue weighted by molar-refractivity contribution is 6.03. The Morgan fingerprint density at radius 2 is 1.74 bits per heavy atom. The maximum atomic E-state index is 12.2. The van der Waals surface area contributed by atoms with E-state index in [-0.39, 0.29) is 11.8 Å². The predicted molar refractivity (Wildman–Crippen MR) is 77.4 cm³/mol. The molecule has 0 bridgehead atoms. The van der Waals surface area contributed by atoms with E-state index in [1.165, 1.54) is 11.1 Å². The maximum absolute atomic E-state index is 12.2. The van der Waals surface area contributed by atoms with Gasteiger partial charge in [0.25, 0.3) is 0 Å². The van der Waals surface area contributed by atoms with Crippen LogP contribution in [0.3, 0.4) is 0 Å². The van der Waals surface area contributed by atoms with E-state index in [2.05, 4.69) is 30.4 Å². The molecule has 1 heterocycles. The fraction of sp³-hybridized carbons (Fsp3) is 0.235. The van der Waals surface area contributed by atoms with Crippen LogP contribution in [0.25, 0.3) is 0 Å². The highest BCUT2D eigenvalue weighted by Gasteiger charge is 2.31. The number of carbonyl (C=O) groups is 1. The van der Waals surface area contributed by atoms with E-state index in [0.29, 0.717) is 0 Å². The molecule has 0 saturated heterocycles. The summed E-state index contributed by atoms with van der Waals surface area (Å²) in [5.41, 5.74) is 5.77. The third-order valence-corrected chi connectivity index (χ3v) is 3.93. The molecule has 0 radical (unpaired) electrons. The number of hydrogen-bond donors (Lipinski definition) is 1. The molecule has 1 atom stereocenters. The molecule has 0 aromatic heterocycles. The zero-order valence-electron chi connectivity index (χ0n) is 11.2. The van der Waals surface area contributed by atoms with Crippen molar-refractivity contribution in [2.24, 2.45) is 0 Å². The molecule has 2 aromatic rings. The van der Waals surface area contributed by atoms with E-state index in [1.54, 1.807) is 0 Å². The van der Waals surface area contributed by atoms with Gasteiger partial charge in [-0.2, -0.15) is 0 Å². The molecule has 1 aliphatic rings. The fourth-order valence-corrected chi connectivity index (χ4v) is 2.76. The first-order valence-corrected chi connectivity index (χ1v) is 6.61. The van der Waals surface area contributed by atoms with E-state index in [9.17, 15) is 4.79 Å². The van der Waals surface area contributed by atoms with Crippen LogP contribution < -0.4 is 5.32 Å². The van der Waals surface area contributed by atoms with Gasteiger partial charge in [0, 0.05) is 5.69 Å². The molecule has 0 saturated carbocycles. The lowest BCUT2D eigenvalue weighted by Crippen LogP contribution is -2.14. The van der Waals surface area contributed by atoms with Crippen molar-refractivity contribution in [2.75, 3.05) is 5.32 Å². The SMILES string of the molecule is Cc1ccccc1C[C@H]1C(=O)Nc2c(C)cccc21. The summed E-state index contributed by atoms with van der Waals surface area (Å²) in [7, 11) is 0. The Bertz CT molecular complexity index is 645. The van der Waals surface area contributed by atoms with Crippen LogP contribution in [0.5, 0.6) is 0 Å². The molecule has 2 aromatic carbocycles. The van der Waals surface area contributed by atoms with Crippen LogP contribution in [-0.4, -0.2) is 5.91 Å². The molecule has 96 valence electrons. The smallest absolute Gasteiger partial charge is 0.232 e. The summed E-state index contributed by atoms with van der Waals surface area (Å²) < 4.78 is 0. The Hall–Kier alpha value is -2.09. The van der Waals surface area contributed by atoms with E-state index in [4.69, 9.17) is 0 Å². The molecular weight excluding hydrogens is 234 g/mol. The quantitative estimate of drug-likeness (QED) is 0.868. The number of benzene rings is 2. The zero-order valence-corrected chi connectivity index (χ0v) is 11.2. The second-order valence-electron chi connectivity index (χ2n) is 5.21. The number of para-hydroxylation sites is 1. The molecule has 19 heavy (non-hydrogen) atoms. The number of aryl methyl sites for hydroxylation is 2. The average molecular weight is 251 g/mol. The van der Waals surface area contributed by atoms with Crippen LogP contribution in [0, 0.1) is 13.8 Å². The van der Waals surface area contributed by atoms with Crippen molar-refractivity contribution in [1.82, 2.24) is 0 Å². The van der Waals surface area contributed by atoms with Crippen LogP contribution >= 0.6 is 0 Å². The molecule has 0 aliphatic carbocycles. The van der Waals surface area contributed by atoms with Gasteiger partial charge in [0.1, 0.15) is 0 Å². The molecule has 1 aliphatic heterocycles. The van der Waals surface area contributed by atoms with Crippen LogP contribution in [0.2, 0.25) is 0 Å². The van der Waals surface area contributed by atoms with E-state index in [1.807, 2.05) is 31.2 Å². The lowest BCUT2D eigenvalue weighted by molar-refractivity contribution is -0.117. The first kappa shape index (κ1) is 12.0. The van der Waals surface area contributed by atoms with Gasteiger partial charge in [-0.05, 0) is 42.5 Å². The van der Waals surface area contributed by atoms with Gasteiger partial charge in [0.15, 0.2) is 0 Å². The van der Waals surface area contributed by atoms with E-state index in [0.717, 1.165) is 23.2 Å². The second kappa shape index (κ2) is 4.54. The van der Waals surface area contributed by atoms with Crippen molar-refractivity contribution >= 4 is 11.6 Å². The standard InChI is InChI=1S/C17H17NO/c1-11-6-3-4-8-13(11)10-15-14-9-5-7-12(2)16(14)18-17(15)19/h3-9,15H,10H2,1-2H3,(H,18,19)/t15-/m1/s1. The lowest BCUT2D eigenvalue weighted by atomic mass is 9.90. The summed E-state index contributed by atoms with van der Waals surface area (Å²) in [6.07, 6.45) is 0.773. The minimum absolute atomic E-state index is 0.0593. The molecular formula is C17H17NO. The van der Waals surface area contributed by atoms with Gasteiger partial charge in [-0.15, -0.1) is 0 Å². The Balaban J connectivity index is 1.97. The van der Waals surface area contributed by atoms with Crippen LogP contribution in [0.15, 0.2) is 42.5 Å². The summed E-state index contributed by atoms with van der Waals surface area (Å²) in [6, 6.07) is 14.4. The second-order valence-corrected chi connectivity index (χ2v) is 5.21. The van der Waals surface area contributed by atoms with Gasteiger partial charge in [-0.25, -0.2) is 0 Å². The van der Waals surface area contributed by atoms with Crippen molar-refractivity contribution in [2.45, 2.75) is 26.2 Å². The van der Waals surface area contributed by atoms with Crippen LogP contribution in [0.1, 0.15) is 28.2 Å². The largest absolute Gasteiger partial charge is 0.325 e. The van der Waals surface area contributed by atoms with Crippen LogP contribution in [-0.2, 0) is 11.2 Å². The number of rotatable bonds is 2. The number of amides is 1. The summed E-state index contributed by atoms with van der Waals surface area (Å²) >= 11 is 0. The number of carbonyl (C=O) groups excluding carboxylic acids is 1. The monoisotopic (exact) mass is 251 g/mol. The van der Waals surface area contributed by atoms with Gasteiger partial charge < -0.3 is 5.32 Å². The maximum Gasteiger partial charge on any atom is 0.232 e. The third-order valence-electron chi connectivity index (χ3n) is 3.93. The lowest BCUT2D eigenvalue weighted by Gasteiger charge is -2.11. The first-order chi connectivity index (χ1) is 9.16. The zero-order chi connectivity index (χ0) is 13.4. The van der Waals surface area contributed by atoms with Crippen molar-refractivity contribution < 1.29 is 4.79 Å². The minimum Gasteiger partial charge on any atom is -0.325 e. The van der Waals surface area contributed by atoms with Gasteiger partial charge in [-0.3, -0.25) is 4.79 Å². The Labute approximate surface area is 113 Å². The highest BCUT2D eigenvalue weighted by atomic mass is 16.2. The summed E-state index contributed by atoms with van der Waals surface area (Å²) in [5.74, 6) is 0.0588. The normalized spacial score (nSPS) is 17.2. The summed E-state index contributed by atoms with van der Waals surface area (Å²) in [6.45, 7) is 4.13. The number of anilines is 1. The fourth-order valence-electron chi connectivity index (χ4n) is 2.76. The van der Waals surface area contributed by atoms with Crippen molar-refractivity contribution in [3.63, 3.8) is 0 Å². The number of nitrogens with one attached hydrogen (secondary N) is 1. The molecule has 0 unspecified atom stereocenters. The van der Waals surface area contributed by atoms with E-state index >= 15 is 0 Å². The molecule has 1 amide bonds. The van der Waals surface area contributed by atoms with Crippen molar-refractivity contribution in [3.8, 4) is 0 Å². The van der Waals surface area contributed by atoms with E-state index < -0.39 is 0 Å². The minimum atomic E-state index is -0.0593. The van der Waals surface area contributed by atoms with Gasteiger partial charge in [0.2, 0.25) is 5.91 Å². The summed E-state index contributed by atoms with van der Waals surface area (Å²) in [4.78, 5) is 12.2. The topological polar surface area (TPSA) is 29.1 Å². The average Bonchev–Trinajstić information content (AvgIpc) is 2.71. The Kier molecular flexibility index (Phi) is 2.86. The van der Waals surface area contributed by atoms with Gasteiger partial charge >= 0.3 is 0 Å². The van der Waals surface area contributed by atoms with Crippen LogP contribution in [0.4, 0.5) is 5.69 Å². The molecule has 0 fully saturated rings. The molecule has 3 rings (SSSR count). The number of hydrogen-bond acceptors (Lipinski definition) is 1. The van der Waals surface area contributed by atoms with Crippen molar-refractivity contribution in [1.29, 1.82) is 0 Å². The molecule has 1 N–H and O–H groups in total. The van der Waals surface area contributed by atoms with Gasteiger partial charge in [0.05, 0.1) is 5.92 Å². The Morgan fingerprint density at radius 1 is 1.00 bits per heavy atom. The molecule has 2 nitrogen and oxygen atoms in total. The third kappa shape index (κ3) is 2.03. The predicted octanol–water partition coefficient (Wildman–Crippen LogP) is 3.58. The summed E-state index contributed by atoms with van der Waals surface area (Å²) in [5, 5.41) is 3.02. The molecule has 2 heteroatoms. The highest BCUT2D eigenvalue weighted by Crippen LogP contribution is 2.37. The Morgan fingerprint density at radius 3 is 2.53 bits per heavy atom. The number of fused-ring (bicyclic) bond motifs is 1. The molecule has 0 spiro atoms.